The molecule has 1 aliphatic heterocycles. The summed E-state index contributed by atoms with van der Waals surface area (Å²) in [7, 11) is 1.68. The molecule has 1 N–H and O–H groups in total. The third-order valence-corrected chi connectivity index (χ3v) is 5.71. The first-order valence-corrected chi connectivity index (χ1v) is 10.7. The van der Waals surface area contributed by atoms with Crippen LogP contribution in [0.1, 0.15) is 37.1 Å². The molecule has 29 heavy (non-hydrogen) atoms. The minimum Gasteiger partial charge on any atom is -0.496 e. The van der Waals surface area contributed by atoms with Gasteiger partial charge in [-0.2, -0.15) is 4.98 Å². The van der Waals surface area contributed by atoms with E-state index in [9.17, 15) is 0 Å². The maximum atomic E-state index is 6.32. The lowest BCUT2D eigenvalue weighted by Gasteiger charge is -2.20. The van der Waals surface area contributed by atoms with Crippen LogP contribution in [0.25, 0.3) is 11.3 Å². The van der Waals surface area contributed by atoms with Crippen molar-refractivity contribution < 1.29 is 9.47 Å². The highest BCUT2D eigenvalue weighted by Gasteiger charge is 2.26. The molecule has 1 aliphatic rings. The van der Waals surface area contributed by atoms with Gasteiger partial charge in [-0.15, -0.1) is 10.2 Å². The first kappa shape index (κ1) is 19.5. The van der Waals surface area contributed by atoms with Crippen molar-refractivity contribution in [3.8, 4) is 22.9 Å². The van der Waals surface area contributed by atoms with E-state index in [1.807, 2.05) is 43.3 Å². The number of nitrogens with zero attached hydrogens (tertiary/aromatic N) is 3. The van der Waals surface area contributed by atoms with Gasteiger partial charge in [0.2, 0.25) is 11.0 Å². The molecule has 0 amide bonds. The number of aromatic nitrogens is 3. The van der Waals surface area contributed by atoms with Gasteiger partial charge >= 0.3 is 0 Å². The van der Waals surface area contributed by atoms with Gasteiger partial charge in [0, 0.05) is 22.6 Å². The smallest absolute Gasteiger partial charge is 0.247 e. The van der Waals surface area contributed by atoms with Crippen LogP contribution in [-0.2, 0) is 0 Å². The van der Waals surface area contributed by atoms with Crippen molar-refractivity contribution in [1.29, 1.82) is 0 Å². The molecule has 3 aromatic rings. The van der Waals surface area contributed by atoms with Crippen molar-refractivity contribution in [2.45, 2.75) is 38.1 Å². The van der Waals surface area contributed by atoms with E-state index in [1.54, 1.807) is 18.9 Å². The van der Waals surface area contributed by atoms with E-state index >= 15 is 0 Å². The van der Waals surface area contributed by atoms with Crippen molar-refractivity contribution in [1.82, 2.24) is 15.2 Å². The molecule has 0 saturated heterocycles. The van der Waals surface area contributed by atoms with Gasteiger partial charge in [0.1, 0.15) is 5.75 Å². The molecule has 0 spiro atoms. The number of methoxy groups -OCH3 is 1. The molecule has 150 valence electrons. The lowest BCUT2D eigenvalue weighted by atomic mass is 10.1. The number of hydrogen-bond acceptors (Lipinski definition) is 7. The van der Waals surface area contributed by atoms with Gasteiger partial charge in [0.15, 0.2) is 11.9 Å². The van der Waals surface area contributed by atoms with Crippen molar-refractivity contribution in [3.63, 3.8) is 0 Å². The Bertz CT molecular complexity index is 1010. The van der Waals surface area contributed by atoms with Crippen LogP contribution in [0.15, 0.2) is 47.6 Å². The Labute approximate surface area is 175 Å². The quantitative estimate of drug-likeness (QED) is 0.441. The summed E-state index contributed by atoms with van der Waals surface area (Å²) in [5.41, 5.74) is 4.56. The van der Waals surface area contributed by atoms with Gasteiger partial charge in [-0.1, -0.05) is 43.3 Å². The van der Waals surface area contributed by atoms with E-state index in [0.717, 1.165) is 46.7 Å². The molecular weight excluding hydrogens is 384 g/mol. The maximum absolute atomic E-state index is 6.32. The minimum atomic E-state index is -0.396. The highest BCUT2D eigenvalue weighted by atomic mass is 32.2. The SMILES string of the molecule is CCCCSc1nnc2c(n1)OC(c1ccc(OC)c(C)c1)Nc1ccccc1-2. The van der Waals surface area contributed by atoms with E-state index < -0.39 is 6.23 Å². The highest BCUT2D eigenvalue weighted by molar-refractivity contribution is 7.99. The number of unbranched alkanes of at least 4 members (excludes halogenated alkanes) is 1. The Hall–Kier alpha value is -2.80. The van der Waals surface area contributed by atoms with Crippen LogP contribution in [-0.4, -0.2) is 28.0 Å². The van der Waals surface area contributed by atoms with Gasteiger partial charge in [-0.3, -0.25) is 0 Å². The molecule has 0 fully saturated rings. The van der Waals surface area contributed by atoms with Crippen LogP contribution in [0.2, 0.25) is 0 Å². The van der Waals surface area contributed by atoms with Crippen LogP contribution in [0.4, 0.5) is 5.69 Å². The molecule has 4 rings (SSSR count). The molecule has 1 aromatic heterocycles. The van der Waals surface area contributed by atoms with Crippen molar-refractivity contribution in [2.75, 3.05) is 18.2 Å². The summed E-state index contributed by atoms with van der Waals surface area (Å²) in [4.78, 5) is 4.68. The Morgan fingerprint density at radius 3 is 2.83 bits per heavy atom. The number of thioether (sulfide) groups is 1. The van der Waals surface area contributed by atoms with Crippen molar-refractivity contribution >= 4 is 17.4 Å². The van der Waals surface area contributed by atoms with Crippen LogP contribution >= 0.6 is 11.8 Å². The number of ether oxygens (including phenoxy) is 2. The second-order valence-corrected chi connectivity index (χ2v) is 7.93. The predicted octanol–water partition coefficient (Wildman–Crippen LogP) is 5.25. The van der Waals surface area contributed by atoms with Gasteiger partial charge < -0.3 is 14.8 Å². The van der Waals surface area contributed by atoms with Crippen molar-refractivity contribution in [3.05, 3.63) is 53.6 Å². The largest absolute Gasteiger partial charge is 0.496 e. The average Bonchev–Trinajstić information content (AvgIpc) is 2.90. The first-order valence-electron chi connectivity index (χ1n) is 9.74. The standard InChI is InChI=1S/C22H24N4O2S/c1-4-5-12-29-22-24-21-19(25-26-22)16-8-6-7-9-17(16)23-20(28-21)15-10-11-18(27-3)14(2)13-15/h6-11,13,20,23H,4-5,12H2,1-3H3. The summed E-state index contributed by atoms with van der Waals surface area (Å²) >= 11 is 1.61. The number of rotatable bonds is 6. The molecule has 1 atom stereocenters. The number of nitrogens with one attached hydrogen (secondary N) is 1. The summed E-state index contributed by atoms with van der Waals surface area (Å²) in [5, 5.41) is 12.9. The molecule has 1 unspecified atom stereocenters. The van der Waals surface area contributed by atoms with E-state index in [1.165, 1.54) is 0 Å². The summed E-state index contributed by atoms with van der Waals surface area (Å²) < 4.78 is 11.7. The number of anilines is 1. The van der Waals surface area contributed by atoms with Crippen LogP contribution < -0.4 is 14.8 Å². The second kappa shape index (κ2) is 8.69. The zero-order valence-corrected chi connectivity index (χ0v) is 17.6. The molecule has 6 nitrogen and oxygen atoms in total. The van der Waals surface area contributed by atoms with Gasteiger partial charge in [0.25, 0.3) is 0 Å². The topological polar surface area (TPSA) is 69.2 Å². The summed E-state index contributed by atoms with van der Waals surface area (Å²) in [6.45, 7) is 4.19. The summed E-state index contributed by atoms with van der Waals surface area (Å²) in [6.07, 6.45) is 1.86. The van der Waals surface area contributed by atoms with Crippen LogP contribution in [0.3, 0.4) is 0 Å². The zero-order chi connectivity index (χ0) is 20.2. The maximum Gasteiger partial charge on any atom is 0.247 e. The second-order valence-electron chi connectivity index (χ2n) is 6.87. The summed E-state index contributed by atoms with van der Waals surface area (Å²) in [6, 6.07) is 14.0. The fourth-order valence-corrected chi connectivity index (χ4v) is 4.09. The molecule has 7 heteroatoms. The first-order chi connectivity index (χ1) is 14.2. The Morgan fingerprint density at radius 2 is 2.03 bits per heavy atom. The lowest BCUT2D eigenvalue weighted by Crippen LogP contribution is -2.17. The number of benzene rings is 2. The van der Waals surface area contributed by atoms with Crippen molar-refractivity contribution in [2.24, 2.45) is 0 Å². The summed E-state index contributed by atoms with van der Waals surface area (Å²) in [5.74, 6) is 2.31. The highest BCUT2D eigenvalue weighted by Crippen LogP contribution is 2.39. The molecule has 2 aromatic carbocycles. The van der Waals surface area contributed by atoms with Crippen LogP contribution in [0.5, 0.6) is 11.6 Å². The molecule has 0 radical (unpaired) electrons. The number of para-hydroxylation sites is 1. The monoisotopic (exact) mass is 408 g/mol. The minimum absolute atomic E-state index is 0.396. The molecule has 2 heterocycles. The Kier molecular flexibility index (Phi) is 5.85. The fraction of sp³-hybridized carbons (Fsp3) is 0.318. The van der Waals surface area contributed by atoms with E-state index in [2.05, 4.69) is 33.5 Å². The number of aryl methyl sites for hydroxylation is 1. The van der Waals surface area contributed by atoms with Gasteiger partial charge in [-0.05, 0) is 43.2 Å². The average molecular weight is 409 g/mol. The number of fused-ring (bicyclic) bond motifs is 3. The Balaban J connectivity index is 1.73. The van der Waals surface area contributed by atoms with Gasteiger partial charge in [-0.25, -0.2) is 0 Å². The fourth-order valence-electron chi connectivity index (χ4n) is 3.23. The molecular formula is C22H24N4O2S. The van der Waals surface area contributed by atoms with E-state index in [-0.39, 0.29) is 0 Å². The third kappa shape index (κ3) is 4.15. The Morgan fingerprint density at radius 1 is 1.17 bits per heavy atom. The van der Waals surface area contributed by atoms with E-state index in [0.29, 0.717) is 16.7 Å². The number of hydrogen-bond donors (Lipinski definition) is 1. The molecule has 0 bridgehead atoms. The van der Waals surface area contributed by atoms with Crippen LogP contribution in [0, 0.1) is 6.92 Å². The zero-order valence-electron chi connectivity index (χ0n) is 16.8. The van der Waals surface area contributed by atoms with E-state index in [4.69, 9.17) is 9.47 Å². The lowest BCUT2D eigenvalue weighted by molar-refractivity contribution is 0.225. The third-order valence-electron chi connectivity index (χ3n) is 4.78. The predicted molar refractivity (Wildman–Crippen MR) is 116 cm³/mol. The van der Waals surface area contributed by atoms with Gasteiger partial charge in [0.05, 0.1) is 7.11 Å². The molecule has 0 saturated carbocycles. The molecule has 0 aliphatic carbocycles. The normalized spacial score (nSPS) is 14.8.